The number of piperidine rings is 1. The molecule has 1 saturated heterocycles. The molecular weight excluding hydrogens is 282 g/mol. The van der Waals surface area contributed by atoms with E-state index < -0.39 is 0 Å². The summed E-state index contributed by atoms with van der Waals surface area (Å²) in [4.78, 5) is 11.5. The molecule has 17 heavy (non-hydrogen) atoms. The number of hydrogen-bond acceptors (Lipinski definition) is 4. The molecule has 0 amide bonds. The van der Waals surface area contributed by atoms with Crippen molar-refractivity contribution in [1.29, 1.82) is 0 Å². The van der Waals surface area contributed by atoms with E-state index in [9.17, 15) is 0 Å². The second-order valence-corrected chi connectivity index (χ2v) is 5.54. The van der Waals surface area contributed by atoms with Crippen molar-refractivity contribution in [3.8, 4) is 5.88 Å². The van der Waals surface area contributed by atoms with E-state index in [1.54, 1.807) is 6.20 Å². The summed E-state index contributed by atoms with van der Waals surface area (Å²) in [6, 6.07) is 0. The maximum absolute atomic E-state index is 5.50. The zero-order chi connectivity index (χ0) is 12.1. The summed E-state index contributed by atoms with van der Waals surface area (Å²) >= 11 is 3.67. The normalized spacial score (nSPS) is 20.4. The van der Waals surface area contributed by atoms with Crippen LogP contribution < -0.4 is 9.64 Å². The first-order valence-electron chi connectivity index (χ1n) is 6.13. The zero-order valence-electron chi connectivity index (χ0n) is 10.1. The lowest BCUT2D eigenvalue weighted by Gasteiger charge is -2.30. The average molecular weight is 300 g/mol. The summed E-state index contributed by atoms with van der Waals surface area (Å²) in [6.45, 7) is 4.82. The Morgan fingerprint density at radius 3 is 3.18 bits per heavy atom. The first kappa shape index (κ1) is 12.6. The van der Waals surface area contributed by atoms with Gasteiger partial charge in [-0.15, -0.1) is 0 Å². The third kappa shape index (κ3) is 3.56. The summed E-state index contributed by atoms with van der Waals surface area (Å²) in [6.07, 6.45) is 6.89. The van der Waals surface area contributed by atoms with Crippen LogP contribution >= 0.6 is 15.9 Å². The van der Waals surface area contributed by atoms with Gasteiger partial charge in [0.05, 0.1) is 19.0 Å². The van der Waals surface area contributed by atoms with Crippen LogP contribution in [-0.4, -0.2) is 34.5 Å². The van der Waals surface area contributed by atoms with E-state index >= 15 is 0 Å². The molecular formula is C12H18BrN3O. The van der Waals surface area contributed by atoms with Crippen molar-refractivity contribution < 1.29 is 4.74 Å². The molecule has 0 bridgehead atoms. The van der Waals surface area contributed by atoms with E-state index in [1.165, 1.54) is 12.8 Å². The molecule has 0 radical (unpaired) electrons. The fraction of sp³-hybridized carbons (Fsp3) is 0.667. The van der Waals surface area contributed by atoms with Crippen LogP contribution in [0.2, 0.25) is 0 Å². The van der Waals surface area contributed by atoms with Crippen molar-refractivity contribution in [2.45, 2.75) is 31.0 Å². The molecule has 2 rings (SSSR count). The number of hydrogen-bond donors (Lipinski definition) is 0. The Kier molecular flexibility index (Phi) is 4.59. The molecule has 1 aliphatic heterocycles. The first-order chi connectivity index (χ1) is 8.29. The second-order valence-electron chi connectivity index (χ2n) is 4.25. The van der Waals surface area contributed by atoms with E-state index in [2.05, 4.69) is 37.7 Å². The largest absolute Gasteiger partial charge is 0.477 e. The lowest BCUT2D eigenvalue weighted by Crippen LogP contribution is -2.36. The van der Waals surface area contributed by atoms with Gasteiger partial charge in [0.15, 0.2) is 5.82 Å². The van der Waals surface area contributed by atoms with Crippen molar-refractivity contribution in [2.75, 3.05) is 24.6 Å². The second kappa shape index (κ2) is 6.19. The molecule has 1 aliphatic rings. The van der Waals surface area contributed by atoms with Crippen molar-refractivity contribution in [3.63, 3.8) is 0 Å². The maximum Gasteiger partial charge on any atom is 0.234 e. The molecule has 1 aromatic heterocycles. The fourth-order valence-corrected chi connectivity index (χ4v) is 2.57. The van der Waals surface area contributed by atoms with Crippen molar-refractivity contribution in [1.82, 2.24) is 9.97 Å². The van der Waals surface area contributed by atoms with Gasteiger partial charge >= 0.3 is 0 Å². The third-order valence-corrected chi connectivity index (χ3v) is 3.49. The van der Waals surface area contributed by atoms with E-state index in [0.717, 1.165) is 25.3 Å². The molecule has 4 nitrogen and oxygen atoms in total. The Morgan fingerprint density at radius 1 is 1.53 bits per heavy atom. The van der Waals surface area contributed by atoms with Gasteiger partial charge in [-0.2, -0.15) is 4.98 Å². The van der Waals surface area contributed by atoms with Crippen molar-refractivity contribution in [2.24, 2.45) is 0 Å². The standard InChI is InChI=1S/C12H18BrN3O/c1-2-6-17-12-8-14-7-11(15-12)16-5-3-4-10(13)9-16/h7-8,10H,2-6,9H2,1H3. The summed E-state index contributed by atoms with van der Waals surface area (Å²) in [5.41, 5.74) is 0. The number of aromatic nitrogens is 2. The molecule has 2 heterocycles. The van der Waals surface area contributed by atoms with Gasteiger partial charge in [-0.25, -0.2) is 0 Å². The van der Waals surface area contributed by atoms with Crippen LogP contribution in [0.5, 0.6) is 5.88 Å². The van der Waals surface area contributed by atoms with Crippen LogP contribution in [0.1, 0.15) is 26.2 Å². The lowest BCUT2D eigenvalue weighted by atomic mass is 10.1. The molecule has 5 heteroatoms. The zero-order valence-corrected chi connectivity index (χ0v) is 11.7. The molecule has 0 N–H and O–H groups in total. The van der Waals surface area contributed by atoms with Gasteiger partial charge in [-0.05, 0) is 19.3 Å². The molecule has 0 saturated carbocycles. The molecule has 1 atom stereocenters. The first-order valence-corrected chi connectivity index (χ1v) is 7.05. The topological polar surface area (TPSA) is 38.2 Å². The number of anilines is 1. The predicted octanol–water partition coefficient (Wildman–Crippen LogP) is 2.63. The van der Waals surface area contributed by atoms with Crippen LogP contribution in [0.15, 0.2) is 12.4 Å². The van der Waals surface area contributed by atoms with Gasteiger partial charge in [0.1, 0.15) is 0 Å². The minimum Gasteiger partial charge on any atom is -0.477 e. The molecule has 1 aromatic rings. The minimum atomic E-state index is 0.554. The Labute approximate surface area is 111 Å². The summed E-state index contributed by atoms with van der Waals surface area (Å²) in [5, 5.41) is 0. The SMILES string of the molecule is CCCOc1cncc(N2CCCC(Br)C2)n1. The van der Waals surface area contributed by atoms with E-state index in [0.29, 0.717) is 17.3 Å². The maximum atomic E-state index is 5.50. The van der Waals surface area contributed by atoms with E-state index in [-0.39, 0.29) is 0 Å². The number of alkyl halides is 1. The van der Waals surface area contributed by atoms with Gasteiger partial charge in [0.2, 0.25) is 5.88 Å². The molecule has 1 fully saturated rings. The Hall–Kier alpha value is -0.840. The lowest BCUT2D eigenvalue weighted by molar-refractivity contribution is 0.304. The van der Waals surface area contributed by atoms with Gasteiger partial charge in [-0.3, -0.25) is 4.98 Å². The highest BCUT2D eigenvalue weighted by Crippen LogP contribution is 2.22. The summed E-state index contributed by atoms with van der Waals surface area (Å²) in [7, 11) is 0. The average Bonchev–Trinajstić information content (AvgIpc) is 2.37. The third-order valence-electron chi connectivity index (χ3n) is 2.74. The smallest absolute Gasteiger partial charge is 0.234 e. The monoisotopic (exact) mass is 299 g/mol. The molecule has 0 spiro atoms. The highest BCUT2D eigenvalue weighted by Gasteiger charge is 2.19. The summed E-state index contributed by atoms with van der Waals surface area (Å²) in [5.74, 6) is 1.55. The van der Waals surface area contributed by atoms with Crippen LogP contribution in [0, 0.1) is 0 Å². The van der Waals surface area contributed by atoms with Crippen LogP contribution in [0.4, 0.5) is 5.82 Å². The molecule has 0 aromatic carbocycles. The fourth-order valence-electron chi connectivity index (χ4n) is 1.90. The van der Waals surface area contributed by atoms with E-state index in [1.807, 2.05) is 6.20 Å². The van der Waals surface area contributed by atoms with Crippen LogP contribution in [0.3, 0.4) is 0 Å². The Balaban J connectivity index is 2.04. The Bertz CT molecular complexity index is 361. The van der Waals surface area contributed by atoms with E-state index in [4.69, 9.17) is 4.74 Å². The minimum absolute atomic E-state index is 0.554. The number of halogens is 1. The number of nitrogens with zero attached hydrogens (tertiary/aromatic N) is 3. The quantitative estimate of drug-likeness (QED) is 0.801. The van der Waals surface area contributed by atoms with Crippen LogP contribution in [-0.2, 0) is 0 Å². The highest BCUT2D eigenvalue weighted by atomic mass is 79.9. The van der Waals surface area contributed by atoms with Crippen molar-refractivity contribution >= 4 is 21.7 Å². The Morgan fingerprint density at radius 2 is 2.41 bits per heavy atom. The van der Waals surface area contributed by atoms with Crippen LogP contribution in [0.25, 0.3) is 0 Å². The highest BCUT2D eigenvalue weighted by molar-refractivity contribution is 9.09. The molecule has 94 valence electrons. The molecule has 0 aliphatic carbocycles. The van der Waals surface area contributed by atoms with Gasteiger partial charge in [0, 0.05) is 17.9 Å². The van der Waals surface area contributed by atoms with Gasteiger partial charge in [-0.1, -0.05) is 22.9 Å². The van der Waals surface area contributed by atoms with Crippen molar-refractivity contribution in [3.05, 3.63) is 12.4 Å². The number of rotatable bonds is 4. The van der Waals surface area contributed by atoms with Gasteiger partial charge in [0.25, 0.3) is 0 Å². The summed E-state index contributed by atoms with van der Waals surface area (Å²) < 4.78 is 5.50. The number of ether oxygens (including phenoxy) is 1. The molecule has 1 unspecified atom stereocenters. The van der Waals surface area contributed by atoms with Gasteiger partial charge < -0.3 is 9.64 Å². The predicted molar refractivity (Wildman–Crippen MR) is 72.0 cm³/mol.